The van der Waals surface area contributed by atoms with Crippen LogP contribution in [0.3, 0.4) is 0 Å². The van der Waals surface area contributed by atoms with Gasteiger partial charge in [0.1, 0.15) is 0 Å². The maximum absolute atomic E-state index is 5.96. The van der Waals surface area contributed by atoms with Crippen LogP contribution >= 0.6 is 0 Å². The van der Waals surface area contributed by atoms with Gasteiger partial charge in [0.25, 0.3) is 0 Å². The van der Waals surface area contributed by atoms with Crippen molar-refractivity contribution in [3.05, 3.63) is 29.3 Å². The molecule has 0 saturated heterocycles. The van der Waals surface area contributed by atoms with Gasteiger partial charge in [-0.2, -0.15) is 0 Å². The van der Waals surface area contributed by atoms with Crippen molar-refractivity contribution in [2.24, 2.45) is 0 Å². The average Bonchev–Trinajstić information content (AvgIpc) is 2.64. The summed E-state index contributed by atoms with van der Waals surface area (Å²) >= 11 is 0. The van der Waals surface area contributed by atoms with Crippen molar-refractivity contribution in [2.45, 2.75) is 31.1 Å². The van der Waals surface area contributed by atoms with Crippen molar-refractivity contribution in [1.29, 1.82) is 0 Å². The van der Waals surface area contributed by atoms with E-state index in [1.807, 2.05) is 6.07 Å². The predicted molar refractivity (Wildman–Crippen MR) is 50.2 cm³/mol. The normalized spacial score (nSPS) is 30.7. The molecular weight excluding hydrogens is 146 g/mol. The minimum absolute atomic E-state index is 0.797. The van der Waals surface area contributed by atoms with E-state index in [2.05, 4.69) is 12.1 Å². The molecular formula is C11H13N. The Kier molecular flexibility index (Phi) is 1.11. The molecule has 2 aliphatic carbocycles. The van der Waals surface area contributed by atoms with Crippen LogP contribution in [0.1, 0.15) is 42.2 Å². The molecule has 2 bridgehead atoms. The number of benzene rings is 1. The van der Waals surface area contributed by atoms with E-state index in [1.54, 1.807) is 5.56 Å². The molecule has 62 valence electrons. The molecule has 2 aliphatic rings. The highest BCUT2D eigenvalue weighted by Crippen LogP contribution is 2.54. The van der Waals surface area contributed by atoms with Crippen LogP contribution in [0.2, 0.25) is 0 Å². The number of hydrogen-bond acceptors (Lipinski definition) is 1. The van der Waals surface area contributed by atoms with E-state index in [-0.39, 0.29) is 0 Å². The molecule has 1 heteroatoms. The molecule has 1 fully saturated rings. The summed E-state index contributed by atoms with van der Waals surface area (Å²) in [5.74, 6) is 1.64. The highest BCUT2D eigenvalue weighted by Gasteiger charge is 2.37. The van der Waals surface area contributed by atoms with E-state index < -0.39 is 0 Å². The highest BCUT2D eigenvalue weighted by molar-refractivity contribution is 5.57. The van der Waals surface area contributed by atoms with Gasteiger partial charge in [0, 0.05) is 5.69 Å². The van der Waals surface area contributed by atoms with Gasteiger partial charge in [0.15, 0.2) is 0 Å². The van der Waals surface area contributed by atoms with E-state index in [0.717, 1.165) is 17.5 Å². The van der Waals surface area contributed by atoms with Crippen LogP contribution in [0.5, 0.6) is 0 Å². The van der Waals surface area contributed by atoms with E-state index in [9.17, 15) is 0 Å². The molecule has 0 aliphatic heterocycles. The van der Waals surface area contributed by atoms with E-state index in [4.69, 9.17) is 5.73 Å². The minimum Gasteiger partial charge on any atom is -0.398 e. The van der Waals surface area contributed by atoms with Crippen LogP contribution in [-0.2, 0) is 0 Å². The molecule has 12 heavy (non-hydrogen) atoms. The molecule has 2 atom stereocenters. The number of nitrogens with two attached hydrogens (primary N) is 1. The SMILES string of the molecule is Nc1cccc2c1[C@H]1CC[C@@H]2C1. The molecule has 1 nitrogen and oxygen atoms in total. The summed E-state index contributed by atoms with van der Waals surface area (Å²) in [4.78, 5) is 0. The van der Waals surface area contributed by atoms with Crippen molar-refractivity contribution < 1.29 is 0 Å². The van der Waals surface area contributed by atoms with Gasteiger partial charge in [0.05, 0.1) is 0 Å². The first-order chi connectivity index (χ1) is 5.86. The lowest BCUT2D eigenvalue weighted by atomic mass is 9.91. The first kappa shape index (κ1) is 6.53. The van der Waals surface area contributed by atoms with Gasteiger partial charge in [-0.15, -0.1) is 0 Å². The third kappa shape index (κ3) is 0.644. The maximum Gasteiger partial charge on any atom is 0.0352 e. The average molecular weight is 159 g/mol. The van der Waals surface area contributed by atoms with Crippen molar-refractivity contribution >= 4 is 5.69 Å². The second kappa shape index (κ2) is 2.03. The summed E-state index contributed by atoms with van der Waals surface area (Å²) in [7, 11) is 0. The summed E-state index contributed by atoms with van der Waals surface area (Å²) in [6, 6.07) is 6.39. The summed E-state index contributed by atoms with van der Waals surface area (Å²) in [5.41, 5.74) is 10.0. The summed E-state index contributed by atoms with van der Waals surface area (Å²) in [6.45, 7) is 0. The molecule has 1 aromatic rings. The Hall–Kier alpha value is -0.980. The second-order valence-corrected chi connectivity index (χ2v) is 4.06. The monoisotopic (exact) mass is 159 g/mol. The highest BCUT2D eigenvalue weighted by atomic mass is 14.6. The van der Waals surface area contributed by atoms with E-state index in [0.29, 0.717) is 0 Å². The van der Waals surface area contributed by atoms with Crippen LogP contribution in [0.15, 0.2) is 18.2 Å². The fraction of sp³-hybridized carbons (Fsp3) is 0.455. The zero-order valence-corrected chi connectivity index (χ0v) is 7.09. The Morgan fingerprint density at radius 2 is 2.00 bits per heavy atom. The third-order valence-electron chi connectivity index (χ3n) is 3.45. The Bertz CT molecular complexity index is 330. The summed E-state index contributed by atoms with van der Waals surface area (Å²) in [6.07, 6.45) is 4.12. The van der Waals surface area contributed by atoms with Crippen LogP contribution in [0.25, 0.3) is 0 Å². The van der Waals surface area contributed by atoms with Gasteiger partial charge in [-0.25, -0.2) is 0 Å². The Morgan fingerprint density at radius 3 is 2.83 bits per heavy atom. The molecule has 0 spiro atoms. The van der Waals surface area contributed by atoms with Crippen LogP contribution < -0.4 is 5.73 Å². The zero-order valence-electron chi connectivity index (χ0n) is 7.09. The minimum atomic E-state index is 0.797. The molecule has 1 aromatic carbocycles. The number of rotatable bonds is 0. The van der Waals surface area contributed by atoms with Gasteiger partial charge in [-0.3, -0.25) is 0 Å². The zero-order chi connectivity index (χ0) is 8.13. The molecule has 2 N–H and O–H groups in total. The number of nitrogen functional groups attached to an aromatic ring is 1. The third-order valence-corrected chi connectivity index (χ3v) is 3.45. The maximum atomic E-state index is 5.96. The molecule has 0 amide bonds. The van der Waals surface area contributed by atoms with Gasteiger partial charge in [0.2, 0.25) is 0 Å². The van der Waals surface area contributed by atoms with Gasteiger partial charge in [-0.1, -0.05) is 12.1 Å². The van der Waals surface area contributed by atoms with Crippen molar-refractivity contribution in [2.75, 3.05) is 5.73 Å². The first-order valence-corrected chi connectivity index (χ1v) is 4.74. The van der Waals surface area contributed by atoms with Gasteiger partial charge < -0.3 is 5.73 Å². The molecule has 0 radical (unpaired) electrons. The van der Waals surface area contributed by atoms with E-state index >= 15 is 0 Å². The van der Waals surface area contributed by atoms with Crippen molar-refractivity contribution in [3.63, 3.8) is 0 Å². The number of anilines is 1. The lowest BCUT2D eigenvalue weighted by Gasteiger charge is -2.16. The lowest BCUT2D eigenvalue weighted by Crippen LogP contribution is -2.01. The number of fused-ring (bicyclic) bond motifs is 5. The predicted octanol–water partition coefficient (Wildman–Crippen LogP) is 2.63. The Balaban J connectivity index is 2.26. The second-order valence-electron chi connectivity index (χ2n) is 4.06. The molecule has 3 rings (SSSR count). The Labute approximate surface area is 72.6 Å². The van der Waals surface area contributed by atoms with Crippen LogP contribution in [0.4, 0.5) is 5.69 Å². The first-order valence-electron chi connectivity index (χ1n) is 4.74. The van der Waals surface area contributed by atoms with Gasteiger partial charge in [-0.05, 0) is 48.3 Å². The smallest absolute Gasteiger partial charge is 0.0352 e. The molecule has 0 heterocycles. The Morgan fingerprint density at radius 1 is 1.17 bits per heavy atom. The van der Waals surface area contributed by atoms with Crippen LogP contribution in [-0.4, -0.2) is 0 Å². The topological polar surface area (TPSA) is 26.0 Å². The van der Waals surface area contributed by atoms with Crippen molar-refractivity contribution in [1.82, 2.24) is 0 Å². The van der Waals surface area contributed by atoms with E-state index in [1.165, 1.54) is 24.8 Å². The molecule has 0 aromatic heterocycles. The fourth-order valence-electron chi connectivity index (χ4n) is 2.96. The van der Waals surface area contributed by atoms with Crippen LogP contribution in [0, 0.1) is 0 Å². The lowest BCUT2D eigenvalue weighted by molar-refractivity contribution is 0.719. The summed E-state index contributed by atoms with van der Waals surface area (Å²) in [5, 5.41) is 0. The fourth-order valence-corrected chi connectivity index (χ4v) is 2.96. The standard InChI is InChI=1S/C11H13N/c12-10-3-1-2-9-7-4-5-8(6-7)11(9)10/h1-3,7-8H,4-6,12H2/t7-,8+/m1/s1. The van der Waals surface area contributed by atoms with Crippen molar-refractivity contribution in [3.8, 4) is 0 Å². The molecule has 1 saturated carbocycles. The quantitative estimate of drug-likeness (QED) is 0.578. The van der Waals surface area contributed by atoms with Gasteiger partial charge >= 0.3 is 0 Å². The largest absolute Gasteiger partial charge is 0.398 e. The summed E-state index contributed by atoms with van der Waals surface area (Å²) < 4.78 is 0. The molecule has 0 unspecified atom stereocenters. The number of hydrogen-bond donors (Lipinski definition) is 1.